The Bertz CT molecular complexity index is 1010. The van der Waals surface area contributed by atoms with Gasteiger partial charge in [-0.3, -0.25) is 9.29 Å². The van der Waals surface area contributed by atoms with Gasteiger partial charge in [0, 0.05) is 31.4 Å². The van der Waals surface area contributed by atoms with Gasteiger partial charge in [-0.15, -0.1) is 0 Å². The Morgan fingerprint density at radius 2 is 1.97 bits per heavy atom. The summed E-state index contributed by atoms with van der Waals surface area (Å²) in [5.41, 5.74) is 4.00. The zero-order chi connectivity index (χ0) is 27.9. The monoisotopic (exact) mass is 539 g/mol. The molecule has 0 bridgehead atoms. The second kappa shape index (κ2) is 13.6. The van der Waals surface area contributed by atoms with Crippen molar-refractivity contribution < 1.29 is 27.1 Å². The molecule has 1 aromatic carbocycles. The third-order valence-electron chi connectivity index (χ3n) is 7.48. The number of alkyl halides is 4. The summed E-state index contributed by atoms with van der Waals surface area (Å²) in [5, 5.41) is 3.41. The summed E-state index contributed by atoms with van der Waals surface area (Å²) >= 11 is 0. The van der Waals surface area contributed by atoms with Crippen LogP contribution in [-0.4, -0.2) is 74.5 Å². The van der Waals surface area contributed by atoms with Crippen LogP contribution in [0.25, 0.3) is 0 Å². The molecule has 9 heteroatoms. The van der Waals surface area contributed by atoms with Gasteiger partial charge < -0.3 is 15.0 Å². The van der Waals surface area contributed by atoms with E-state index in [2.05, 4.69) is 10.2 Å². The number of nitrogens with zero attached hydrogens (tertiary/aromatic N) is 2. The normalized spacial score (nSPS) is 23.9. The lowest BCUT2D eigenvalue weighted by molar-refractivity contribution is -0.155. The lowest BCUT2D eigenvalue weighted by atomic mass is 9.85. The summed E-state index contributed by atoms with van der Waals surface area (Å²) in [4.78, 5) is 15.8. The maximum Gasteiger partial charge on any atom is 0.401 e. The Kier molecular flexibility index (Phi) is 10.8. The number of halogens is 4. The predicted molar refractivity (Wildman–Crippen MR) is 142 cm³/mol. The summed E-state index contributed by atoms with van der Waals surface area (Å²) in [5.74, 6) is 0.0546. The topological polar surface area (TPSA) is 44.8 Å². The number of carbonyl (C=O) groups excluding carboxylic acids is 1. The molecule has 212 valence electrons. The molecule has 1 N–H and O–H groups in total. The average Bonchev–Trinajstić information content (AvgIpc) is 3.35. The van der Waals surface area contributed by atoms with Crippen LogP contribution in [0.5, 0.6) is 0 Å². The number of esters is 1. The Balaban J connectivity index is 0.00000195. The van der Waals surface area contributed by atoms with E-state index in [1.807, 2.05) is 26.0 Å². The zero-order valence-electron chi connectivity index (χ0n) is 22.9. The third-order valence-corrected chi connectivity index (χ3v) is 7.48. The molecule has 3 heterocycles. The number of dihydropyridines is 1. The minimum absolute atomic E-state index is 0.290. The molecule has 0 saturated carbocycles. The first-order valence-electron chi connectivity index (χ1n) is 13.6. The molecule has 5 nitrogen and oxygen atoms in total. The Hall–Kier alpha value is -2.39. The maximum absolute atomic E-state index is 13.6. The molecule has 1 fully saturated rings. The van der Waals surface area contributed by atoms with E-state index < -0.39 is 24.7 Å². The first-order valence-corrected chi connectivity index (χ1v) is 13.6. The Morgan fingerprint density at radius 1 is 1.21 bits per heavy atom. The highest BCUT2D eigenvalue weighted by molar-refractivity contribution is 5.89. The summed E-state index contributed by atoms with van der Waals surface area (Å²) in [7, 11) is 1.31. The standard InChI is InChI=1S/C27H35F4N3O2.C2H6/c1-18-12-22-14-21(26(35)36-2)5-6-23(22)25(34(18)17-27(29,30)31)24-7-4-19(15-32-24)13-20-8-11-33(16-20)10-3-9-28;1-2/h4-7,14,18,20,25,32H,3,8-13,15-17H2,1-2H3;1-2H3/t18-,20-,25+;/m1./s1. The van der Waals surface area contributed by atoms with Crippen LogP contribution in [0.3, 0.4) is 0 Å². The van der Waals surface area contributed by atoms with Crippen molar-refractivity contribution in [2.24, 2.45) is 5.92 Å². The molecule has 1 saturated heterocycles. The van der Waals surface area contributed by atoms with Gasteiger partial charge in [0.05, 0.1) is 31.9 Å². The summed E-state index contributed by atoms with van der Waals surface area (Å²) in [6.45, 7) is 7.83. The first-order chi connectivity index (χ1) is 18.2. The molecule has 0 amide bonds. The van der Waals surface area contributed by atoms with Gasteiger partial charge in [0.1, 0.15) is 0 Å². The number of carbonyl (C=O) groups is 1. The minimum Gasteiger partial charge on any atom is -0.465 e. The maximum atomic E-state index is 13.6. The van der Waals surface area contributed by atoms with Crippen LogP contribution in [0.1, 0.15) is 67.6 Å². The van der Waals surface area contributed by atoms with Crippen LogP contribution in [0.2, 0.25) is 0 Å². The van der Waals surface area contributed by atoms with Crippen molar-refractivity contribution in [2.45, 2.75) is 64.7 Å². The number of ether oxygens (including phenoxy) is 1. The number of hydrogen-bond donors (Lipinski definition) is 1. The highest BCUT2D eigenvalue weighted by atomic mass is 19.4. The molecule has 4 rings (SSSR count). The Labute approximate surface area is 223 Å². The minimum atomic E-state index is -4.33. The number of methoxy groups -OCH3 is 1. The number of hydrogen-bond acceptors (Lipinski definition) is 5. The van der Waals surface area contributed by atoms with Crippen molar-refractivity contribution in [2.75, 3.05) is 46.5 Å². The highest BCUT2D eigenvalue weighted by Gasteiger charge is 2.41. The molecule has 3 atom stereocenters. The number of fused-ring (bicyclic) bond motifs is 1. The van der Waals surface area contributed by atoms with Crippen LogP contribution < -0.4 is 5.32 Å². The van der Waals surface area contributed by atoms with Crippen molar-refractivity contribution in [3.8, 4) is 0 Å². The second-order valence-corrected chi connectivity index (χ2v) is 10.2. The van der Waals surface area contributed by atoms with Gasteiger partial charge in [0.25, 0.3) is 0 Å². The number of nitrogens with one attached hydrogen (secondary N) is 1. The van der Waals surface area contributed by atoms with Gasteiger partial charge in [0.2, 0.25) is 0 Å². The summed E-state index contributed by atoms with van der Waals surface area (Å²) in [6, 6.07) is 4.18. The van der Waals surface area contributed by atoms with E-state index in [1.165, 1.54) is 17.6 Å². The number of rotatable bonds is 8. The van der Waals surface area contributed by atoms with Crippen LogP contribution in [0.15, 0.2) is 41.6 Å². The van der Waals surface area contributed by atoms with E-state index in [9.17, 15) is 22.4 Å². The molecule has 1 aromatic rings. The number of benzene rings is 1. The highest BCUT2D eigenvalue weighted by Crippen LogP contribution is 2.40. The van der Waals surface area contributed by atoms with Crippen LogP contribution in [0.4, 0.5) is 17.6 Å². The number of likely N-dealkylation sites (tertiary alicyclic amines) is 1. The lowest BCUT2D eigenvalue weighted by Gasteiger charge is -2.44. The van der Waals surface area contributed by atoms with Crippen LogP contribution >= 0.6 is 0 Å². The molecule has 0 aliphatic carbocycles. The van der Waals surface area contributed by atoms with Crippen molar-refractivity contribution in [1.82, 2.24) is 15.1 Å². The zero-order valence-corrected chi connectivity index (χ0v) is 22.9. The van der Waals surface area contributed by atoms with Gasteiger partial charge in [-0.1, -0.05) is 31.6 Å². The van der Waals surface area contributed by atoms with Gasteiger partial charge in [-0.05, 0) is 74.4 Å². The Morgan fingerprint density at radius 3 is 2.61 bits per heavy atom. The predicted octanol–water partition coefficient (Wildman–Crippen LogP) is 5.83. The van der Waals surface area contributed by atoms with Crippen LogP contribution in [-0.2, 0) is 11.2 Å². The largest absolute Gasteiger partial charge is 0.465 e. The second-order valence-electron chi connectivity index (χ2n) is 10.2. The molecule has 3 aliphatic rings. The molecule has 0 radical (unpaired) electrons. The van der Waals surface area contributed by atoms with E-state index in [1.54, 1.807) is 25.1 Å². The fraction of sp³-hybridized carbons (Fsp3) is 0.621. The fourth-order valence-corrected chi connectivity index (χ4v) is 5.77. The van der Waals surface area contributed by atoms with Crippen molar-refractivity contribution in [3.63, 3.8) is 0 Å². The van der Waals surface area contributed by atoms with Gasteiger partial charge >= 0.3 is 12.1 Å². The van der Waals surface area contributed by atoms with Crippen molar-refractivity contribution >= 4 is 5.97 Å². The van der Waals surface area contributed by atoms with E-state index >= 15 is 0 Å². The quantitative estimate of drug-likeness (QED) is 0.333. The molecular formula is C29H41F4N3O2. The SMILES string of the molecule is CC.COC(=O)c1ccc2c(c1)C[C@@H](C)N(CC(F)(F)F)[C@@H]2C1=CC=C(C[C@H]2CCN(CCCF)C2)CN1. The summed E-state index contributed by atoms with van der Waals surface area (Å²) < 4.78 is 58.0. The number of allylic oxidation sites excluding steroid dienone is 2. The van der Waals surface area contributed by atoms with E-state index in [0.717, 1.165) is 49.3 Å². The van der Waals surface area contributed by atoms with Crippen molar-refractivity contribution in [3.05, 3.63) is 58.3 Å². The molecule has 0 unspecified atom stereocenters. The molecule has 3 aliphatic heterocycles. The molecular weight excluding hydrogens is 498 g/mol. The summed E-state index contributed by atoms with van der Waals surface area (Å²) in [6.07, 6.45) is 2.62. The van der Waals surface area contributed by atoms with E-state index in [4.69, 9.17) is 4.74 Å². The molecule has 0 spiro atoms. The van der Waals surface area contributed by atoms with E-state index in [-0.39, 0.29) is 12.7 Å². The lowest BCUT2D eigenvalue weighted by Crippen LogP contribution is -2.49. The first kappa shape index (κ1) is 30.2. The van der Waals surface area contributed by atoms with Crippen molar-refractivity contribution in [1.29, 1.82) is 0 Å². The van der Waals surface area contributed by atoms with Gasteiger partial charge in [-0.2, -0.15) is 13.2 Å². The smallest absolute Gasteiger partial charge is 0.401 e. The van der Waals surface area contributed by atoms with Crippen LogP contribution in [0, 0.1) is 5.92 Å². The van der Waals surface area contributed by atoms with Gasteiger partial charge in [-0.25, -0.2) is 4.79 Å². The average molecular weight is 540 g/mol. The fourth-order valence-electron chi connectivity index (χ4n) is 5.77. The molecule has 38 heavy (non-hydrogen) atoms. The van der Waals surface area contributed by atoms with E-state index in [0.29, 0.717) is 30.9 Å². The van der Waals surface area contributed by atoms with Gasteiger partial charge in [0.15, 0.2) is 0 Å². The molecule has 0 aromatic heterocycles. The third kappa shape index (κ3) is 7.59.